The van der Waals surface area contributed by atoms with Crippen LogP contribution < -0.4 is 5.32 Å². The molecule has 0 saturated heterocycles. The van der Waals surface area contributed by atoms with Gasteiger partial charge in [-0.15, -0.1) is 0 Å². The van der Waals surface area contributed by atoms with Crippen molar-refractivity contribution in [3.63, 3.8) is 0 Å². The number of halogens is 1. The average molecular weight is 310 g/mol. The number of carbonyl (C=O) groups excluding carboxylic acids is 1. The summed E-state index contributed by atoms with van der Waals surface area (Å²) in [5.74, 6) is -0.0183. The summed E-state index contributed by atoms with van der Waals surface area (Å²) in [6, 6.07) is 7.61. The predicted octanol–water partition coefficient (Wildman–Crippen LogP) is 3.43. The summed E-state index contributed by atoms with van der Waals surface area (Å²) in [7, 11) is 0. The highest BCUT2D eigenvalue weighted by atomic mass is 35.5. The van der Waals surface area contributed by atoms with Gasteiger partial charge >= 0.3 is 0 Å². The van der Waals surface area contributed by atoms with Crippen LogP contribution >= 0.6 is 11.6 Å². The van der Waals surface area contributed by atoms with Gasteiger partial charge in [0.1, 0.15) is 0 Å². The number of hydrogen-bond donors (Lipinski definition) is 2. The van der Waals surface area contributed by atoms with Gasteiger partial charge in [0.05, 0.1) is 5.60 Å². The zero-order valence-corrected chi connectivity index (χ0v) is 13.5. The summed E-state index contributed by atoms with van der Waals surface area (Å²) >= 11 is 5.90. The van der Waals surface area contributed by atoms with Gasteiger partial charge in [-0.25, -0.2) is 0 Å². The molecule has 4 heteroatoms. The van der Waals surface area contributed by atoms with E-state index in [0.717, 1.165) is 31.2 Å². The maximum Gasteiger partial charge on any atom is 0.220 e. The van der Waals surface area contributed by atoms with Crippen molar-refractivity contribution in [2.45, 2.75) is 57.0 Å². The highest BCUT2D eigenvalue weighted by Crippen LogP contribution is 2.30. The van der Waals surface area contributed by atoms with Crippen molar-refractivity contribution >= 4 is 17.5 Å². The number of nitrogens with one attached hydrogen (secondary N) is 1. The standard InChI is InChI=1S/C17H24ClNO2/c1-16(2,13-5-7-14(18)8-6-13)11-15(20)19-12-17(21)9-3-4-10-17/h5-8,21H,3-4,9-12H2,1-2H3,(H,19,20). The average Bonchev–Trinajstić information content (AvgIpc) is 2.84. The Morgan fingerprint density at radius 1 is 1.29 bits per heavy atom. The normalized spacial score (nSPS) is 17.7. The Labute approximate surface area is 131 Å². The van der Waals surface area contributed by atoms with Crippen molar-refractivity contribution < 1.29 is 9.90 Å². The van der Waals surface area contributed by atoms with Crippen LogP contribution in [0.4, 0.5) is 0 Å². The second-order valence-corrected chi connectivity index (χ2v) is 7.21. The number of aliphatic hydroxyl groups is 1. The number of amides is 1. The molecule has 1 aromatic rings. The Morgan fingerprint density at radius 3 is 2.43 bits per heavy atom. The molecular formula is C17H24ClNO2. The maximum atomic E-state index is 12.1. The molecule has 2 N–H and O–H groups in total. The van der Waals surface area contributed by atoms with Gasteiger partial charge < -0.3 is 10.4 Å². The molecule has 0 spiro atoms. The quantitative estimate of drug-likeness (QED) is 0.875. The van der Waals surface area contributed by atoms with E-state index < -0.39 is 5.60 Å². The third-order valence-corrected chi connectivity index (χ3v) is 4.63. The van der Waals surface area contributed by atoms with Crippen molar-refractivity contribution in [1.29, 1.82) is 0 Å². The fourth-order valence-electron chi connectivity index (χ4n) is 2.94. The van der Waals surface area contributed by atoms with E-state index in [0.29, 0.717) is 18.0 Å². The molecule has 1 amide bonds. The smallest absolute Gasteiger partial charge is 0.220 e. The molecule has 1 aliphatic carbocycles. The van der Waals surface area contributed by atoms with E-state index >= 15 is 0 Å². The molecule has 0 bridgehead atoms. The molecule has 0 radical (unpaired) electrons. The summed E-state index contributed by atoms with van der Waals surface area (Å²) in [5.41, 5.74) is 0.133. The third kappa shape index (κ3) is 4.45. The minimum absolute atomic E-state index is 0.0183. The van der Waals surface area contributed by atoms with Crippen LogP contribution in [0.3, 0.4) is 0 Å². The molecule has 21 heavy (non-hydrogen) atoms. The van der Waals surface area contributed by atoms with Gasteiger partial charge in [-0.3, -0.25) is 4.79 Å². The van der Waals surface area contributed by atoms with Crippen LogP contribution in [0.15, 0.2) is 24.3 Å². The molecule has 0 aliphatic heterocycles. The summed E-state index contributed by atoms with van der Waals surface area (Å²) < 4.78 is 0. The summed E-state index contributed by atoms with van der Waals surface area (Å²) in [4.78, 5) is 12.1. The highest BCUT2D eigenvalue weighted by molar-refractivity contribution is 6.30. The molecule has 0 unspecified atom stereocenters. The van der Waals surface area contributed by atoms with Gasteiger partial charge in [-0.05, 0) is 36.0 Å². The van der Waals surface area contributed by atoms with Crippen LogP contribution in [0.1, 0.15) is 51.5 Å². The van der Waals surface area contributed by atoms with Crippen LogP contribution in [-0.2, 0) is 10.2 Å². The lowest BCUT2D eigenvalue weighted by Crippen LogP contribution is -2.42. The van der Waals surface area contributed by atoms with E-state index in [4.69, 9.17) is 11.6 Å². The van der Waals surface area contributed by atoms with Crippen molar-refractivity contribution in [3.8, 4) is 0 Å². The topological polar surface area (TPSA) is 49.3 Å². The second kappa shape index (κ2) is 6.37. The van der Waals surface area contributed by atoms with E-state index in [1.54, 1.807) is 0 Å². The first-order valence-corrected chi connectivity index (χ1v) is 7.94. The van der Waals surface area contributed by atoms with Crippen LogP contribution in [0.5, 0.6) is 0 Å². The zero-order valence-electron chi connectivity index (χ0n) is 12.8. The van der Waals surface area contributed by atoms with Gasteiger partial charge in [0.25, 0.3) is 0 Å². The lowest BCUT2D eigenvalue weighted by atomic mass is 9.81. The van der Waals surface area contributed by atoms with E-state index in [-0.39, 0.29) is 11.3 Å². The van der Waals surface area contributed by atoms with E-state index in [1.165, 1.54) is 0 Å². The van der Waals surface area contributed by atoms with E-state index in [2.05, 4.69) is 5.32 Å². The minimum Gasteiger partial charge on any atom is -0.388 e. The lowest BCUT2D eigenvalue weighted by molar-refractivity contribution is -0.123. The van der Waals surface area contributed by atoms with Crippen molar-refractivity contribution in [3.05, 3.63) is 34.9 Å². The van der Waals surface area contributed by atoms with Gasteiger partial charge in [0.2, 0.25) is 5.91 Å². The van der Waals surface area contributed by atoms with Crippen LogP contribution in [0.25, 0.3) is 0 Å². The van der Waals surface area contributed by atoms with Crippen molar-refractivity contribution in [2.75, 3.05) is 6.54 Å². The van der Waals surface area contributed by atoms with Crippen molar-refractivity contribution in [2.24, 2.45) is 0 Å². The summed E-state index contributed by atoms with van der Waals surface area (Å²) in [6.07, 6.45) is 4.05. The molecule has 1 aliphatic rings. The lowest BCUT2D eigenvalue weighted by Gasteiger charge is -2.27. The Morgan fingerprint density at radius 2 is 1.86 bits per heavy atom. The van der Waals surface area contributed by atoms with Crippen molar-refractivity contribution in [1.82, 2.24) is 5.32 Å². The van der Waals surface area contributed by atoms with Crippen LogP contribution in [-0.4, -0.2) is 23.2 Å². The van der Waals surface area contributed by atoms with E-state index in [9.17, 15) is 9.90 Å². The monoisotopic (exact) mass is 309 g/mol. The number of benzene rings is 1. The number of carbonyl (C=O) groups is 1. The molecule has 1 saturated carbocycles. The van der Waals surface area contributed by atoms with E-state index in [1.807, 2.05) is 38.1 Å². The zero-order chi connectivity index (χ0) is 15.5. The fraction of sp³-hybridized carbons (Fsp3) is 0.588. The van der Waals surface area contributed by atoms with Gasteiger partial charge in [0.15, 0.2) is 0 Å². The first kappa shape index (κ1) is 16.3. The summed E-state index contributed by atoms with van der Waals surface area (Å²) in [6.45, 7) is 4.45. The Hall–Kier alpha value is -1.06. The summed E-state index contributed by atoms with van der Waals surface area (Å²) in [5, 5.41) is 13.8. The largest absolute Gasteiger partial charge is 0.388 e. The molecule has 0 heterocycles. The number of rotatable bonds is 5. The molecule has 2 rings (SSSR count). The molecule has 1 fully saturated rings. The molecule has 0 atom stereocenters. The first-order valence-electron chi connectivity index (χ1n) is 7.56. The minimum atomic E-state index is -0.694. The van der Waals surface area contributed by atoms with Gasteiger partial charge in [-0.2, -0.15) is 0 Å². The van der Waals surface area contributed by atoms with Gasteiger partial charge in [0, 0.05) is 18.0 Å². The van der Waals surface area contributed by atoms with Gasteiger partial charge in [-0.1, -0.05) is 50.4 Å². The molecular weight excluding hydrogens is 286 g/mol. The third-order valence-electron chi connectivity index (χ3n) is 4.38. The fourth-order valence-corrected chi connectivity index (χ4v) is 3.07. The molecule has 3 nitrogen and oxygen atoms in total. The Balaban J connectivity index is 1.90. The first-order chi connectivity index (χ1) is 9.81. The van der Waals surface area contributed by atoms with Crippen LogP contribution in [0, 0.1) is 0 Å². The maximum absolute atomic E-state index is 12.1. The number of hydrogen-bond acceptors (Lipinski definition) is 2. The predicted molar refractivity (Wildman–Crippen MR) is 85.5 cm³/mol. The Bertz CT molecular complexity index is 490. The SMILES string of the molecule is CC(C)(CC(=O)NCC1(O)CCCC1)c1ccc(Cl)cc1. The molecule has 116 valence electrons. The van der Waals surface area contributed by atoms with Crippen LogP contribution in [0.2, 0.25) is 5.02 Å². The molecule has 1 aromatic carbocycles. The molecule has 0 aromatic heterocycles. The highest BCUT2D eigenvalue weighted by Gasteiger charge is 2.32. The second-order valence-electron chi connectivity index (χ2n) is 6.78. The Kier molecular flexibility index (Phi) is 4.95.